The van der Waals surface area contributed by atoms with Crippen molar-refractivity contribution in [3.8, 4) is 17.2 Å². The summed E-state index contributed by atoms with van der Waals surface area (Å²) >= 11 is 1.42. The Morgan fingerprint density at radius 2 is 1.77 bits per heavy atom. The normalized spacial score (nSPS) is 10.8. The van der Waals surface area contributed by atoms with E-state index in [4.69, 9.17) is 18.6 Å². The van der Waals surface area contributed by atoms with Gasteiger partial charge in [0.25, 0.3) is 11.1 Å². The third-order valence-corrected chi connectivity index (χ3v) is 4.96. The zero-order valence-corrected chi connectivity index (χ0v) is 18.3. The number of aromatic nitrogens is 2. The van der Waals surface area contributed by atoms with Gasteiger partial charge in [-0.15, -0.1) is 10.2 Å². The van der Waals surface area contributed by atoms with Crippen LogP contribution in [0.4, 0.5) is 0 Å². The number of methoxy groups -OCH3 is 3. The van der Waals surface area contributed by atoms with Gasteiger partial charge in [0.15, 0.2) is 11.5 Å². The molecule has 2 aromatic carbocycles. The molecule has 0 saturated carbocycles. The molecule has 0 fully saturated rings. The van der Waals surface area contributed by atoms with Crippen LogP contribution in [-0.2, 0) is 6.54 Å². The number of nitrogens with zero attached hydrogens (tertiary/aromatic N) is 2. The highest BCUT2D eigenvalue weighted by Crippen LogP contribution is 2.38. The van der Waals surface area contributed by atoms with E-state index in [2.05, 4.69) is 15.5 Å². The fourth-order valence-corrected chi connectivity index (χ4v) is 3.29. The second-order valence-corrected chi connectivity index (χ2v) is 7.15. The van der Waals surface area contributed by atoms with Gasteiger partial charge in [0.05, 0.1) is 27.9 Å². The van der Waals surface area contributed by atoms with Crippen LogP contribution in [0.3, 0.4) is 0 Å². The summed E-state index contributed by atoms with van der Waals surface area (Å²) in [6.45, 7) is 0.100. The average molecular weight is 442 g/mol. The Hall–Kier alpha value is -3.46. The molecule has 0 spiro atoms. The molecule has 0 atom stereocenters. The van der Waals surface area contributed by atoms with Crippen molar-refractivity contribution in [2.45, 2.75) is 11.8 Å². The number of hydrogen-bond acceptors (Lipinski definition) is 8. The lowest BCUT2D eigenvalue weighted by molar-refractivity contribution is 0.0946. The van der Waals surface area contributed by atoms with Gasteiger partial charge in [-0.3, -0.25) is 4.79 Å². The first-order valence-electron chi connectivity index (χ1n) is 9.39. The van der Waals surface area contributed by atoms with E-state index in [9.17, 15) is 4.79 Å². The smallest absolute Gasteiger partial charge is 0.276 e. The van der Waals surface area contributed by atoms with E-state index < -0.39 is 0 Å². The van der Waals surface area contributed by atoms with Crippen LogP contribution in [0.5, 0.6) is 17.2 Å². The van der Waals surface area contributed by atoms with Crippen molar-refractivity contribution in [2.24, 2.45) is 0 Å². The van der Waals surface area contributed by atoms with Crippen LogP contribution in [-0.4, -0.2) is 43.2 Å². The maximum absolute atomic E-state index is 12.5. The summed E-state index contributed by atoms with van der Waals surface area (Å²) < 4.78 is 21.4. The number of rotatable bonds is 10. The molecule has 0 aliphatic heterocycles. The number of amides is 1. The SMILES string of the molecule is COc1cc(C(=O)NCc2nnc(SCC=Cc3ccccc3)o2)cc(OC)c1OC. The lowest BCUT2D eigenvalue weighted by Gasteiger charge is -2.13. The first kappa shape index (κ1) is 22.2. The minimum absolute atomic E-state index is 0.100. The molecule has 9 heteroatoms. The quantitative estimate of drug-likeness (QED) is 0.474. The number of nitrogens with one attached hydrogen (secondary N) is 1. The standard InChI is InChI=1S/C22H23N3O5S/c1-27-17-12-16(13-18(28-2)20(17)29-3)21(26)23-14-19-24-25-22(30-19)31-11-7-10-15-8-5-4-6-9-15/h4-10,12-13H,11,14H2,1-3H3,(H,23,26). The van der Waals surface area contributed by atoms with Crippen LogP contribution < -0.4 is 19.5 Å². The van der Waals surface area contributed by atoms with Crippen LogP contribution in [0.25, 0.3) is 6.08 Å². The average Bonchev–Trinajstić information content (AvgIpc) is 3.27. The van der Waals surface area contributed by atoms with Crippen molar-refractivity contribution in [3.05, 3.63) is 65.6 Å². The van der Waals surface area contributed by atoms with E-state index >= 15 is 0 Å². The van der Waals surface area contributed by atoms with Gasteiger partial charge in [-0.25, -0.2) is 0 Å². The predicted octanol–water partition coefficient (Wildman–Crippen LogP) is 3.83. The van der Waals surface area contributed by atoms with Crippen LogP contribution in [0.15, 0.2) is 58.2 Å². The van der Waals surface area contributed by atoms with E-state index in [1.807, 2.05) is 42.5 Å². The third kappa shape index (κ3) is 6.02. The first-order chi connectivity index (χ1) is 15.1. The Morgan fingerprint density at radius 1 is 1.06 bits per heavy atom. The molecule has 1 amide bonds. The maximum Gasteiger partial charge on any atom is 0.276 e. The molecule has 0 aliphatic rings. The van der Waals surface area contributed by atoms with Crippen LogP contribution in [0.2, 0.25) is 0 Å². The van der Waals surface area contributed by atoms with Crippen molar-refractivity contribution < 1.29 is 23.4 Å². The van der Waals surface area contributed by atoms with Gasteiger partial charge in [-0.05, 0) is 17.7 Å². The maximum atomic E-state index is 12.5. The molecule has 1 aromatic heterocycles. The van der Waals surface area contributed by atoms with Crippen molar-refractivity contribution >= 4 is 23.7 Å². The summed E-state index contributed by atoms with van der Waals surface area (Å²) in [7, 11) is 4.49. The van der Waals surface area contributed by atoms with Crippen LogP contribution in [0.1, 0.15) is 21.8 Å². The van der Waals surface area contributed by atoms with Crippen molar-refractivity contribution in [2.75, 3.05) is 27.1 Å². The fourth-order valence-electron chi connectivity index (χ4n) is 2.71. The molecule has 0 radical (unpaired) electrons. The molecule has 1 heterocycles. The van der Waals surface area contributed by atoms with Gasteiger partial charge < -0.3 is 23.9 Å². The second kappa shape index (κ2) is 11.1. The largest absolute Gasteiger partial charge is 0.493 e. The lowest BCUT2D eigenvalue weighted by atomic mass is 10.1. The van der Waals surface area contributed by atoms with Gasteiger partial charge in [0.1, 0.15) is 0 Å². The molecule has 0 bridgehead atoms. The summed E-state index contributed by atoms with van der Waals surface area (Å²) in [6.07, 6.45) is 4.05. The molecular formula is C22H23N3O5S. The molecule has 0 aliphatic carbocycles. The molecule has 31 heavy (non-hydrogen) atoms. The minimum atomic E-state index is -0.336. The number of carbonyl (C=O) groups is 1. The van der Waals surface area contributed by atoms with Crippen molar-refractivity contribution in [1.82, 2.24) is 15.5 Å². The Balaban J connectivity index is 1.54. The monoisotopic (exact) mass is 441 g/mol. The molecule has 1 N–H and O–H groups in total. The molecular weight excluding hydrogens is 418 g/mol. The fraction of sp³-hybridized carbons (Fsp3) is 0.227. The molecule has 3 aromatic rings. The van der Waals surface area contributed by atoms with Crippen molar-refractivity contribution in [1.29, 1.82) is 0 Å². The number of thioether (sulfide) groups is 1. The highest BCUT2D eigenvalue weighted by Gasteiger charge is 2.17. The Kier molecular flexibility index (Phi) is 7.94. The van der Waals surface area contributed by atoms with E-state index in [-0.39, 0.29) is 12.5 Å². The zero-order valence-electron chi connectivity index (χ0n) is 17.5. The Morgan fingerprint density at radius 3 is 2.42 bits per heavy atom. The molecule has 162 valence electrons. The number of carbonyl (C=O) groups excluding carboxylic acids is 1. The molecule has 0 unspecified atom stereocenters. The number of ether oxygens (including phenoxy) is 3. The van der Waals surface area contributed by atoms with E-state index in [0.717, 1.165) is 5.56 Å². The van der Waals surface area contributed by atoms with Crippen molar-refractivity contribution in [3.63, 3.8) is 0 Å². The summed E-state index contributed by atoms with van der Waals surface area (Å²) in [6, 6.07) is 13.2. The minimum Gasteiger partial charge on any atom is -0.493 e. The highest BCUT2D eigenvalue weighted by atomic mass is 32.2. The summed E-state index contributed by atoms with van der Waals surface area (Å²) in [5, 5.41) is 11.1. The van der Waals surface area contributed by atoms with E-state index in [1.165, 1.54) is 33.1 Å². The topological polar surface area (TPSA) is 95.7 Å². The highest BCUT2D eigenvalue weighted by molar-refractivity contribution is 7.99. The van der Waals surface area contributed by atoms with Gasteiger partial charge in [-0.2, -0.15) is 0 Å². The summed E-state index contributed by atoms with van der Waals surface area (Å²) in [4.78, 5) is 12.5. The Bertz CT molecular complexity index is 1010. The second-order valence-electron chi connectivity index (χ2n) is 6.18. The molecule has 0 saturated heterocycles. The third-order valence-electron chi connectivity index (χ3n) is 4.19. The summed E-state index contributed by atoms with van der Waals surface area (Å²) in [5.41, 5.74) is 1.48. The lowest BCUT2D eigenvalue weighted by Crippen LogP contribution is -2.23. The van der Waals surface area contributed by atoms with E-state index in [1.54, 1.807) is 12.1 Å². The van der Waals surface area contributed by atoms with Gasteiger partial charge >= 0.3 is 0 Å². The summed E-state index contributed by atoms with van der Waals surface area (Å²) in [5.74, 6) is 1.88. The van der Waals surface area contributed by atoms with Crippen LogP contribution in [0, 0.1) is 0 Å². The predicted molar refractivity (Wildman–Crippen MR) is 118 cm³/mol. The molecule has 3 rings (SSSR count). The van der Waals surface area contributed by atoms with Gasteiger partial charge in [-0.1, -0.05) is 54.2 Å². The first-order valence-corrected chi connectivity index (χ1v) is 10.4. The van der Waals surface area contributed by atoms with Crippen LogP contribution >= 0.6 is 11.8 Å². The molecule has 8 nitrogen and oxygen atoms in total. The van der Waals surface area contributed by atoms with Gasteiger partial charge in [0, 0.05) is 11.3 Å². The van der Waals surface area contributed by atoms with E-state index in [0.29, 0.717) is 39.7 Å². The van der Waals surface area contributed by atoms with Gasteiger partial charge in [0.2, 0.25) is 11.6 Å². The number of benzene rings is 2. The Labute approximate surface area is 184 Å². The number of hydrogen-bond donors (Lipinski definition) is 1. The zero-order chi connectivity index (χ0) is 22.1.